The lowest BCUT2D eigenvalue weighted by molar-refractivity contribution is 0.100. The molecule has 0 radical (unpaired) electrons. The number of hydrogen-bond acceptors (Lipinski definition) is 5. The Labute approximate surface area is 173 Å². The molecule has 2 aromatic carbocycles. The predicted octanol–water partition coefficient (Wildman–Crippen LogP) is 4.88. The highest BCUT2D eigenvalue weighted by Gasteiger charge is 2.22. The van der Waals surface area contributed by atoms with Crippen molar-refractivity contribution in [1.29, 1.82) is 0 Å². The van der Waals surface area contributed by atoms with Gasteiger partial charge in [0.1, 0.15) is 19.0 Å². The van der Waals surface area contributed by atoms with Crippen molar-refractivity contribution in [3.05, 3.63) is 52.5 Å². The number of benzene rings is 2. The maximum absolute atomic E-state index is 13.0. The highest BCUT2D eigenvalue weighted by molar-refractivity contribution is 9.10. The molecule has 2 heterocycles. The SMILES string of the molecule is O=C(CN(C1=NCCCCC1)c1ccc2c(c1)OCCO2)c1ccc(Br)cc1. The molecule has 2 aliphatic rings. The number of carbonyl (C=O) groups excluding carboxylic acids is 1. The van der Waals surface area contributed by atoms with Gasteiger partial charge in [0.25, 0.3) is 0 Å². The third kappa shape index (κ3) is 4.38. The molecule has 0 spiro atoms. The largest absolute Gasteiger partial charge is 0.486 e. The second-order valence-corrected chi connectivity index (χ2v) is 7.87. The van der Waals surface area contributed by atoms with Gasteiger partial charge in [-0.1, -0.05) is 34.5 Å². The second kappa shape index (κ2) is 8.78. The summed E-state index contributed by atoms with van der Waals surface area (Å²) in [5, 5.41) is 0. The van der Waals surface area contributed by atoms with Crippen molar-refractivity contribution in [2.24, 2.45) is 4.99 Å². The standard InChI is InChI=1S/C22H23BrN2O3/c23-17-7-5-16(6-8-17)19(26)15-25(22-4-2-1-3-11-24-22)18-9-10-20-21(14-18)28-13-12-27-20/h5-10,14H,1-4,11-13,15H2. The van der Waals surface area contributed by atoms with Crippen molar-refractivity contribution in [3.63, 3.8) is 0 Å². The maximum atomic E-state index is 13.0. The summed E-state index contributed by atoms with van der Waals surface area (Å²) in [6.45, 7) is 2.16. The fourth-order valence-corrected chi connectivity index (χ4v) is 3.75. The van der Waals surface area contributed by atoms with Gasteiger partial charge >= 0.3 is 0 Å². The summed E-state index contributed by atoms with van der Waals surface area (Å²) in [5.41, 5.74) is 1.61. The van der Waals surface area contributed by atoms with Gasteiger partial charge in [0.05, 0.1) is 6.54 Å². The van der Waals surface area contributed by atoms with E-state index >= 15 is 0 Å². The molecule has 6 heteroatoms. The Hall–Kier alpha value is -2.34. The molecule has 2 aliphatic heterocycles. The van der Waals surface area contributed by atoms with Gasteiger partial charge in [-0.2, -0.15) is 0 Å². The summed E-state index contributed by atoms with van der Waals surface area (Å²) in [5.74, 6) is 2.50. The fraction of sp³-hybridized carbons (Fsp3) is 0.364. The van der Waals surface area contributed by atoms with Gasteiger partial charge in [-0.3, -0.25) is 9.79 Å². The summed E-state index contributed by atoms with van der Waals surface area (Å²) in [4.78, 5) is 19.8. The summed E-state index contributed by atoms with van der Waals surface area (Å²) in [6.07, 6.45) is 4.23. The molecule has 0 atom stereocenters. The molecule has 0 saturated carbocycles. The number of nitrogens with zero attached hydrogens (tertiary/aromatic N) is 2. The molecule has 0 unspecified atom stereocenters. The number of ether oxygens (including phenoxy) is 2. The highest BCUT2D eigenvalue weighted by Crippen LogP contribution is 2.34. The number of Topliss-reactive ketones (excluding diaryl/α,β-unsaturated/α-hetero) is 1. The summed E-state index contributed by atoms with van der Waals surface area (Å²) < 4.78 is 12.3. The number of halogens is 1. The van der Waals surface area contributed by atoms with Gasteiger partial charge in [-0.25, -0.2) is 0 Å². The average Bonchev–Trinajstić information content (AvgIpc) is 3.01. The van der Waals surface area contributed by atoms with Crippen LogP contribution in [0.4, 0.5) is 5.69 Å². The van der Waals surface area contributed by atoms with Crippen LogP contribution < -0.4 is 14.4 Å². The Bertz CT molecular complexity index is 880. The quantitative estimate of drug-likeness (QED) is 0.632. The van der Waals surface area contributed by atoms with Crippen molar-refractivity contribution in [2.45, 2.75) is 25.7 Å². The zero-order valence-electron chi connectivity index (χ0n) is 15.7. The molecule has 28 heavy (non-hydrogen) atoms. The van der Waals surface area contributed by atoms with E-state index in [0.29, 0.717) is 18.8 Å². The maximum Gasteiger partial charge on any atom is 0.182 e. The third-order valence-electron chi connectivity index (χ3n) is 4.97. The molecule has 0 aromatic heterocycles. The van der Waals surface area contributed by atoms with E-state index in [4.69, 9.17) is 14.5 Å². The van der Waals surface area contributed by atoms with Gasteiger partial charge < -0.3 is 14.4 Å². The topological polar surface area (TPSA) is 51.1 Å². The van der Waals surface area contributed by atoms with Crippen molar-refractivity contribution in [1.82, 2.24) is 0 Å². The van der Waals surface area contributed by atoms with Gasteiger partial charge in [-0.05, 0) is 37.1 Å². The van der Waals surface area contributed by atoms with Crippen LogP contribution in [0.25, 0.3) is 0 Å². The Balaban J connectivity index is 1.64. The van der Waals surface area contributed by atoms with E-state index in [-0.39, 0.29) is 12.3 Å². The minimum atomic E-state index is 0.0642. The van der Waals surface area contributed by atoms with E-state index in [9.17, 15) is 4.79 Å². The van der Waals surface area contributed by atoms with E-state index in [0.717, 1.165) is 53.3 Å². The first kappa shape index (κ1) is 19.0. The van der Waals surface area contributed by atoms with E-state index in [1.54, 1.807) is 0 Å². The number of amidine groups is 1. The van der Waals surface area contributed by atoms with Gasteiger partial charge in [0, 0.05) is 34.8 Å². The zero-order chi connectivity index (χ0) is 19.3. The fourth-order valence-electron chi connectivity index (χ4n) is 3.48. The van der Waals surface area contributed by atoms with Crippen LogP contribution in [0.5, 0.6) is 11.5 Å². The molecular weight excluding hydrogens is 420 g/mol. The number of rotatable bonds is 4. The molecule has 0 saturated heterocycles. The minimum Gasteiger partial charge on any atom is -0.486 e. The Morgan fingerprint density at radius 2 is 1.79 bits per heavy atom. The number of anilines is 1. The smallest absolute Gasteiger partial charge is 0.182 e. The normalized spacial score (nSPS) is 16.1. The van der Waals surface area contributed by atoms with Gasteiger partial charge in [0.15, 0.2) is 17.3 Å². The molecule has 0 bridgehead atoms. The molecule has 2 aromatic rings. The lowest BCUT2D eigenvalue weighted by atomic mass is 10.1. The Morgan fingerprint density at radius 1 is 1.00 bits per heavy atom. The molecule has 0 fully saturated rings. The van der Waals surface area contributed by atoms with Crippen LogP contribution in [0.3, 0.4) is 0 Å². The van der Waals surface area contributed by atoms with Crippen LogP contribution in [-0.2, 0) is 0 Å². The highest BCUT2D eigenvalue weighted by atomic mass is 79.9. The first-order valence-corrected chi connectivity index (χ1v) is 10.5. The van der Waals surface area contributed by atoms with E-state index in [2.05, 4.69) is 15.9 Å². The lowest BCUT2D eigenvalue weighted by Gasteiger charge is -2.27. The molecule has 0 N–H and O–H groups in total. The summed E-state index contributed by atoms with van der Waals surface area (Å²) in [7, 11) is 0. The molecule has 4 rings (SSSR count). The molecule has 0 amide bonds. The molecule has 5 nitrogen and oxygen atoms in total. The first-order chi connectivity index (χ1) is 13.7. The number of aliphatic imine (C=N–C) groups is 1. The molecule has 146 valence electrons. The van der Waals surface area contributed by atoms with E-state index in [1.165, 1.54) is 6.42 Å². The summed E-state index contributed by atoms with van der Waals surface area (Å²) >= 11 is 3.42. The Morgan fingerprint density at radius 3 is 2.61 bits per heavy atom. The zero-order valence-corrected chi connectivity index (χ0v) is 17.3. The van der Waals surface area contributed by atoms with E-state index in [1.807, 2.05) is 47.4 Å². The van der Waals surface area contributed by atoms with Crippen LogP contribution in [0.2, 0.25) is 0 Å². The predicted molar refractivity (Wildman–Crippen MR) is 114 cm³/mol. The first-order valence-electron chi connectivity index (χ1n) is 9.70. The van der Waals surface area contributed by atoms with Crippen LogP contribution in [-0.4, -0.2) is 37.9 Å². The van der Waals surface area contributed by atoms with E-state index < -0.39 is 0 Å². The van der Waals surface area contributed by atoms with Crippen molar-refractivity contribution in [2.75, 3.05) is 31.2 Å². The molecule has 0 aliphatic carbocycles. The second-order valence-electron chi connectivity index (χ2n) is 6.95. The van der Waals surface area contributed by atoms with Gasteiger partial charge in [-0.15, -0.1) is 0 Å². The van der Waals surface area contributed by atoms with Crippen molar-refractivity contribution < 1.29 is 14.3 Å². The Kier molecular flexibility index (Phi) is 5.95. The summed E-state index contributed by atoms with van der Waals surface area (Å²) in [6, 6.07) is 13.3. The molecular formula is C22H23BrN2O3. The number of ketones is 1. The lowest BCUT2D eigenvalue weighted by Crippen LogP contribution is -2.36. The van der Waals surface area contributed by atoms with Crippen LogP contribution in [0.15, 0.2) is 51.9 Å². The monoisotopic (exact) mass is 442 g/mol. The number of carbonyl (C=O) groups is 1. The average molecular weight is 443 g/mol. The number of hydrogen-bond donors (Lipinski definition) is 0. The van der Waals surface area contributed by atoms with Crippen molar-refractivity contribution in [3.8, 4) is 11.5 Å². The van der Waals surface area contributed by atoms with Gasteiger partial charge in [0.2, 0.25) is 0 Å². The van der Waals surface area contributed by atoms with Crippen LogP contribution in [0.1, 0.15) is 36.0 Å². The minimum absolute atomic E-state index is 0.0642. The third-order valence-corrected chi connectivity index (χ3v) is 5.50. The van der Waals surface area contributed by atoms with Crippen molar-refractivity contribution >= 4 is 33.2 Å². The van der Waals surface area contributed by atoms with Crippen LogP contribution in [0, 0.1) is 0 Å². The number of fused-ring (bicyclic) bond motifs is 1. The van der Waals surface area contributed by atoms with Crippen LogP contribution >= 0.6 is 15.9 Å².